The van der Waals surface area contributed by atoms with Gasteiger partial charge in [0.1, 0.15) is 4.90 Å². The Morgan fingerprint density at radius 3 is 2.50 bits per heavy atom. The van der Waals surface area contributed by atoms with Crippen molar-refractivity contribution in [1.82, 2.24) is 9.21 Å². The SMILES string of the molecule is C[C@@H](C#N)CN1CCN(S(=O)(=O)c2cc(Cl)ccc2Cl)CC1. The zero-order chi connectivity index (χ0) is 16.3. The third kappa shape index (κ3) is 3.92. The predicted molar refractivity (Wildman–Crippen MR) is 86.4 cm³/mol. The van der Waals surface area contributed by atoms with Crippen LogP contribution in [0.1, 0.15) is 6.92 Å². The highest BCUT2D eigenvalue weighted by molar-refractivity contribution is 7.89. The van der Waals surface area contributed by atoms with Gasteiger partial charge in [-0.25, -0.2) is 8.42 Å². The monoisotopic (exact) mass is 361 g/mol. The van der Waals surface area contributed by atoms with Crippen LogP contribution in [0.15, 0.2) is 23.1 Å². The number of benzene rings is 1. The second-order valence-electron chi connectivity index (χ2n) is 5.31. The van der Waals surface area contributed by atoms with Gasteiger partial charge >= 0.3 is 0 Å². The van der Waals surface area contributed by atoms with Gasteiger partial charge in [0.15, 0.2) is 0 Å². The van der Waals surface area contributed by atoms with Crippen LogP contribution in [0.2, 0.25) is 10.0 Å². The summed E-state index contributed by atoms with van der Waals surface area (Å²) in [6, 6.07) is 6.61. The fourth-order valence-electron chi connectivity index (χ4n) is 2.39. The molecule has 0 aromatic heterocycles. The third-order valence-electron chi connectivity index (χ3n) is 3.59. The number of rotatable bonds is 4. The molecule has 0 radical (unpaired) electrons. The smallest absolute Gasteiger partial charge is 0.244 e. The molecule has 5 nitrogen and oxygen atoms in total. The summed E-state index contributed by atoms with van der Waals surface area (Å²) in [6.07, 6.45) is 0. The number of hydrogen-bond acceptors (Lipinski definition) is 4. The van der Waals surface area contributed by atoms with Gasteiger partial charge in [0, 0.05) is 37.7 Å². The van der Waals surface area contributed by atoms with Crippen LogP contribution in [0.4, 0.5) is 0 Å². The highest BCUT2D eigenvalue weighted by Gasteiger charge is 2.30. The molecule has 0 amide bonds. The molecule has 1 atom stereocenters. The second-order valence-corrected chi connectivity index (χ2v) is 8.06. The molecule has 1 saturated heterocycles. The number of sulfonamides is 1. The quantitative estimate of drug-likeness (QED) is 0.825. The van der Waals surface area contributed by atoms with E-state index in [0.29, 0.717) is 37.7 Å². The van der Waals surface area contributed by atoms with Crippen molar-refractivity contribution in [2.45, 2.75) is 11.8 Å². The van der Waals surface area contributed by atoms with Crippen molar-refractivity contribution >= 4 is 33.2 Å². The molecule has 0 saturated carbocycles. The van der Waals surface area contributed by atoms with Crippen molar-refractivity contribution in [2.75, 3.05) is 32.7 Å². The molecule has 1 aromatic carbocycles. The first-order valence-electron chi connectivity index (χ1n) is 6.92. The van der Waals surface area contributed by atoms with Crippen LogP contribution in [0.3, 0.4) is 0 Å². The minimum Gasteiger partial charge on any atom is -0.299 e. The summed E-state index contributed by atoms with van der Waals surface area (Å²) >= 11 is 11.9. The van der Waals surface area contributed by atoms with E-state index in [9.17, 15) is 8.42 Å². The second kappa shape index (κ2) is 7.16. The van der Waals surface area contributed by atoms with Crippen LogP contribution in [0.25, 0.3) is 0 Å². The maximum absolute atomic E-state index is 12.7. The standard InChI is InChI=1S/C14H17Cl2N3O2S/c1-11(9-17)10-18-4-6-19(7-5-18)22(20,21)14-8-12(15)2-3-13(14)16/h2-3,8,11H,4-7,10H2,1H3/t11-/m0/s1. The van der Waals surface area contributed by atoms with E-state index in [2.05, 4.69) is 11.0 Å². The number of halogens is 2. The van der Waals surface area contributed by atoms with E-state index in [1.54, 1.807) is 6.07 Å². The molecule has 0 bridgehead atoms. The molecule has 1 aromatic rings. The Morgan fingerprint density at radius 1 is 1.27 bits per heavy atom. The molecule has 1 aliphatic heterocycles. The molecule has 120 valence electrons. The summed E-state index contributed by atoms with van der Waals surface area (Å²) in [5.41, 5.74) is 0. The van der Waals surface area contributed by atoms with E-state index < -0.39 is 10.0 Å². The van der Waals surface area contributed by atoms with E-state index in [0.717, 1.165) is 0 Å². The van der Waals surface area contributed by atoms with E-state index >= 15 is 0 Å². The summed E-state index contributed by atoms with van der Waals surface area (Å²) < 4.78 is 26.7. The van der Waals surface area contributed by atoms with Gasteiger partial charge in [0.2, 0.25) is 10.0 Å². The zero-order valence-corrected chi connectivity index (χ0v) is 14.5. The van der Waals surface area contributed by atoms with Gasteiger partial charge in [0.05, 0.1) is 17.0 Å². The van der Waals surface area contributed by atoms with Crippen molar-refractivity contribution in [3.8, 4) is 6.07 Å². The molecule has 1 fully saturated rings. The number of nitriles is 1. The number of hydrogen-bond donors (Lipinski definition) is 0. The van der Waals surface area contributed by atoms with Crippen molar-refractivity contribution < 1.29 is 8.42 Å². The highest BCUT2D eigenvalue weighted by atomic mass is 35.5. The van der Waals surface area contributed by atoms with Crippen molar-refractivity contribution in [3.63, 3.8) is 0 Å². The lowest BCUT2D eigenvalue weighted by molar-refractivity contribution is 0.178. The topological polar surface area (TPSA) is 64.4 Å². The molecule has 8 heteroatoms. The Balaban J connectivity index is 2.10. The van der Waals surface area contributed by atoms with Gasteiger partial charge in [-0.1, -0.05) is 23.2 Å². The lowest BCUT2D eigenvalue weighted by Gasteiger charge is -2.34. The Morgan fingerprint density at radius 2 is 1.91 bits per heavy atom. The molecule has 0 spiro atoms. The summed E-state index contributed by atoms with van der Waals surface area (Å²) in [4.78, 5) is 2.14. The Hall–Kier alpha value is -0.840. The summed E-state index contributed by atoms with van der Waals surface area (Å²) in [5, 5.41) is 9.35. The minimum atomic E-state index is -3.65. The van der Waals surface area contributed by atoms with E-state index in [1.807, 2.05) is 6.92 Å². The van der Waals surface area contributed by atoms with Crippen LogP contribution in [0, 0.1) is 17.2 Å². The Bertz CT molecular complexity index is 680. The molecule has 22 heavy (non-hydrogen) atoms. The van der Waals surface area contributed by atoms with Gasteiger partial charge in [-0.05, 0) is 25.1 Å². The first-order valence-corrected chi connectivity index (χ1v) is 9.11. The molecular formula is C14H17Cl2N3O2S. The summed E-state index contributed by atoms with van der Waals surface area (Å²) in [5.74, 6) is -0.0643. The predicted octanol–water partition coefficient (Wildman–Crippen LogP) is 2.46. The van der Waals surface area contributed by atoms with Gasteiger partial charge in [0.25, 0.3) is 0 Å². The fourth-order valence-corrected chi connectivity index (χ4v) is 4.55. The average molecular weight is 362 g/mol. The number of piperazine rings is 1. The summed E-state index contributed by atoms with van der Waals surface area (Å²) in [6.45, 7) is 4.47. The van der Waals surface area contributed by atoms with E-state index in [1.165, 1.54) is 16.4 Å². The van der Waals surface area contributed by atoms with Crippen molar-refractivity contribution in [2.24, 2.45) is 5.92 Å². The molecule has 0 N–H and O–H groups in total. The van der Waals surface area contributed by atoms with Crippen LogP contribution in [-0.2, 0) is 10.0 Å². The molecule has 1 heterocycles. The number of nitrogens with zero attached hydrogens (tertiary/aromatic N) is 3. The first-order chi connectivity index (χ1) is 10.3. The maximum atomic E-state index is 12.7. The maximum Gasteiger partial charge on any atom is 0.244 e. The zero-order valence-electron chi connectivity index (χ0n) is 12.2. The van der Waals surface area contributed by atoms with Gasteiger partial charge in [-0.2, -0.15) is 9.57 Å². The molecule has 0 aliphatic carbocycles. The highest BCUT2D eigenvalue weighted by Crippen LogP contribution is 2.28. The van der Waals surface area contributed by atoms with Crippen LogP contribution in [0.5, 0.6) is 0 Å². The van der Waals surface area contributed by atoms with E-state index in [-0.39, 0.29) is 15.8 Å². The molecule has 1 aliphatic rings. The van der Waals surface area contributed by atoms with Crippen LogP contribution < -0.4 is 0 Å². The fraction of sp³-hybridized carbons (Fsp3) is 0.500. The lowest BCUT2D eigenvalue weighted by atomic mass is 10.2. The first kappa shape index (κ1) is 17.5. The molecule has 2 rings (SSSR count). The summed E-state index contributed by atoms with van der Waals surface area (Å²) in [7, 11) is -3.65. The van der Waals surface area contributed by atoms with Gasteiger partial charge in [-0.15, -0.1) is 0 Å². The van der Waals surface area contributed by atoms with Gasteiger partial charge in [-0.3, -0.25) is 4.90 Å². The van der Waals surface area contributed by atoms with Crippen molar-refractivity contribution in [3.05, 3.63) is 28.2 Å². The van der Waals surface area contributed by atoms with Crippen LogP contribution >= 0.6 is 23.2 Å². The van der Waals surface area contributed by atoms with Crippen molar-refractivity contribution in [1.29, 1.82) is 5.26 Å². The largest absolute Gasteiger partial charge is 0.299 e. The minimum absolute atomic E-state index is 0.0421. The third-order valence-corrected chi connectivity index (χ3v) is 6.21. The molecular weight excluding hydrogens is 345 g/mol. The Kier molecular flexibility index (Phi) is 5.70. The van der Waals surface area contributed by atoms with Crippen LogP contribution in [-0.4, -0.2) is 50.3 Å². The van der Waals surface area contributed by atoms with E-state index in [4.69, 9.17) is 28.5 Å². The average Bonchev–Trinajstić information content (AvgIpc) is 2.50. The molecule has 0 unspecified atom stereocenters. The van der Waals surface area contributed by atoms with Gasteiger partial charge < -0.3 is 0 Å². The lowest BCUT2D eigenvalue weighted by Crippen LogP contribution is -2.49. The Labute approximate surface area is 141 Å². The normalized spacial score (nSPS) is 18.8.